The molecule has 0 amide bonds. The van der Waals surface area contributed by atoms with Crippen LogP contribution in [0.4, 0.5) is 0 Å². The van der Waals surface area contributed by atoms with Crippen LogP contribution in [0.2, 0.25) is 0 Å². The molecule has 13 heavy (non-hydrogen) atoms. The molecule has 68 valence electrons. The van der Waals surface area contributed by atoms with Crippen molar-refractivity contribution >= 4 is 5.57 Å². The van der Waals surface area contributed by atoms with Crippen molar-refractivity contribution in [2.24, 2.45) is 0 Å². The molecule has 0 fully saturated rings. The smallest absolute Gasteiger partial charge is 0.131 e. The summed E-state index contributed by atoms with van der Waals surface area (Å²) in [6, 6.07) is 5.53. The summed E-state index contributed by atoms with van der Waals surface area (Å²) in [4.78, 5) is 0. The third-order valence-corrected chi connectivity index (χ3v) is 2.07. The standard InChI is InChI=1S/C10H10O3/c1-12-8-2-3-9-7(5-11)6-13-10(9)4-8/h2-5,11H,6H2,1H3/b7-5-. The van der Waals surface area contributed by atoms with Crippen LogP contribution in [0.25, 0.3) is 5.57 Å². The Hall–Kier alpha value is -1.64. The van der Waals surface area contributed by atoms with Crippen molar-refractivity contribution in [2.45, 2.75) is 0 Å². The molecular formula is C10H10O3. The summed E-state index contributed by atoms with van der Waals surface area (Å²) >= 11 is 0. The molecule has 1 aromatic carbocycles. The number of methoxy groups -OCH3 is 1. The number of aliphatic hydroxyl groups is 1. The van der Waals surface area contributed by atoms with Crippen LogP contribution in [-0.2, 0) is 0 Å². The van der Waals surface area contributed by atoms with E-state index in [0.29, 0.717) is 6.61 Å². The fourth-order valence-corrected chi connectivity index (χ4v) is 1.35. The van der Waals surface area contributed by atoms with Crippen molar-refractivity contribution < 1.29 is 14.6 Å². The monoisotopic (exact) mass is 178 g/mol. The van der Waals surface area contributed by atoms with Gasteiger partial charge in [-0.2, -0.15) is 0 Å². The molecule has 1 heterocycles. The van der Waals surface area contributed by atoms with Gasteiger partial charge in [-0.05, 0) is 12.1 Å². The third kappa shape index (κ3) is 1.22. The second-order valence-electron chi connectivity index (χ2n) is 2.81. The van der Waals surface area contributed by atoms with Crippen molar-refractivity contribution in [3.8, 4) is 11.5 Å². The lowest BCUT2D eigenvalue weighted by atomic mass is 10.1. The average molecular weight is 178 g/mol. The second-order valence-corrected chi connectivity index (χ2v) is 2.81. The zero-order valence-corrected chi connectivity index (χ0v) is 7.28. The van der Waals surface area contributed by atoms with Crippen LogP contribution in [0.15, 0.2) is 24.5 Å². The fourth-order valence-electron chi connectivity index (χ4n) is 1.35. The molecule has 0 bridgehead atoms. The normalized spacial score (nSPS) is 16.8. The Morgan fingerprint density at radius 2 is 2.38 bits per heavy atom. The zero-order chi connectivity index (χ0) is 9.26. The van der Waals surface area contributed by atoms with E-state index in [1.54, 1.807) is 7.11 Å². The van der Waals surface area contributed by atoms with Crippen molar-refractivity contribution in [3.05, 3.63) is 30.0 Å². The van der Waals surface area contributed by atoms with Gasteiger partial charge in [0.25, 0.3) is 0 Å². The van der Waals surface area contributed by atoms with Crippen molar-refractivity contribution in [3.63, 3.8) is 0 Å². The highest BCUT2D eigenvalue weighted by molar-refractivity contribution is 5.74. The van der Waals surface area contributed by atoms with Crippen LogP contribution in [0, 0.1) is 0 Å². The maximum Gasteiger partial charge on any atom is 0.131 e. The highest BCUT2D eigenvalue weighted by Crippen LogP contribution is 2.35. The number of ether oxygens (including phenoxy) is 2. The van der Waals surface area contributed by atoms with Crippen LogP contribution < -0.4 is 9.47 Å². The van der Waals surface area contributed by atoms with Gasteiger partial charge in [-0.3, -0.25) is 0 Å². The highest BCUT2D eigenvalue weighted by Gasteiger charge is 2.17. The van der Waals surface area contributed by atoms with Gasteiger partial charge in [-0.1, -0.05) is 0 Å². The van der Waals surface area contributed by atoms with Crippen molar-refractivity contribution in [1.82, 2.24) is 0 Å². The first kappa shape index (κ1) is 7.98. The molecule has 0 radical (unpaired) electrons. The first-order chi connectivity index (χ1) is 6.35. The molecule has 0 aromatic heterocycles. The molecule has 1 aliphatic rings. The fraction of sp³-hybridized carbons (Fsp3) is 0.200. The van der Waals surface area contributed by atoms with Crippen molar-refractivity contribution in [1.29, 1.82) is 0 Å². The van der Waals surface area contributed by atoms with Gasteiger partial charge in [0.05, 0.1) is 13.4 Å². The SMILES string of the molecule is COc1ccc2c(c1)OC/C2=C/O. The Bertz CT molecular complexity index is 355. The van der Waals surface area contributed by atoms with Gasteiger partial charge in [0.2, 0.25) is 0 Å². The molecule has 0 saturated carbocycles. The van der Waals surface area contributed by atoms with Gasteiger partial charge in [0.1, 0.15) is 18.1 Å². The van der Waals surface area contributed by atoms with E-state index in [0.717, 1.165) is 28.9 Å². The Kier molecular flexibility index (Phi) is 1.85. The molecule has 0 saturated heterocycles. The van der Waals surface area contributed by atoms with Gasteiger partial charge < -0.3 is 14.6 Å². The summed E-state index contributed by atoms with van der Waals surface area (Å²) in [7, 11) is 1.61. The summed E-state index contributed by atoms with van der Waals surface area (Å²) in [5.41, 5.74) is 1.74. The molecule has 1 N–H and O–H groups in total. The molecular weight excluding hydrogens is 168 g/mol. The number of hydrogen-bond donors (Lipinski definition) is 1. The van der Waals surface area contributed by atoms with Crippen LogP contribution in [0.1, 0.15) is 5.56 Å². The Labute approximate surface area is 76.2 Å². The number of fused-ring (bicyclic) bond motifs is 1. The van der Waals surface area contributed by atoms with E-state index < -0.39 is 0 Å². The summed E-state index contributed by atoms with van der Waals surface area (Å²) in [5, 5.41) is 8.87. The van der Waals surface area contributed by atoms with E-state index in [9.17, 15) is 0 Å². The van der Waals surface area contributed by atoms with E-state index in [1.165, 1.54) is 0 Å². The van der Waals surface area contributed by atoms with Crippen LogP contribution >= 0.6 is 0 Å². The second kappa shape index (κ2) is 3.01. The molecule has 3 nitrogen and oxygen atoms in total. The van der Waals surface area contributed by atoms with Gasteiger partial charge in [0, 0.05) is 17.2 Å². The minimum atomic E-state index is 0.430. The molecule has 0 unspecified atom stereocenters. The molecule has 0 atom stereocenters. The molecule has 0 aliphatic carbocycles. The van der Waals surface area contributed by atoms with Gasteiger partial charge in [0.15, 0.2) is 0 Å². The van der Waals surface area contributed by atoms with E-state index in [2.05, 4.69) is 0 Å². The number of aliphatic hydroxyl groups excluding tert-OH is 1. The summed E-state index contributed by atoms with van der Waals surface area (Å²) in [5.74, 6) is 1.53. The minimum absolute atomic E-state index is 0.430. The quantitative estimate of drug-likeness (QED) is 0.668. The number of benzene rings is 1. The van der Waals surface area contributed by atoms with Gasteiger partial charge >= 0.3 is 0 Å². The van der Waals surface area contributed by atoms with Crippen LogP contribution in [0.5, 0.6) is 11.5 Å². The van der Waals surface area contributed by atoms with E-state index in [1.807, 2.05) is 18.2 Å². The van der Waals surface area contributed by atoms with Crippen LogP contribution in [0.3, 0.4) is 0 Å². The molecule has 1 aliphatic heterocycles. The highest BCUT2D eigenvalue weighted by atomic mass is 16.5. The summed E-state index contributed by atoms with van der Waals surface area (Å²) < 4.78 is 10.4. The zero-order valence-electron chi connectivity index (χ0n) is 7.28. The van der Waals surface area contributed by atoms with Crippen molar-refractivity contribution in [2.75, 3.05) is 13.7 Å². The van der Waals surface area contributed by atoms with Crippen LogP contribution in [-0.4, -0.2) is 18.8 Å². The third-order valence-electron chi connectivity index (χ3n) is 2.07. The number of rotatable bonds is 1. The van der Waals surface area contributed by atoms with E-state index in [4.69, 9.17) is 14.6 Å². The Morgan fingerprint density at radius 1 is 1.54 bits per heavy atom. The molecule has 2 rings (SSSR count). The Morgan fingerprint density at radius 3 is 3.08 bits per heavy atom. The minimum Gasteiger partial charge on any atom is -0.515 e. The first-order valence-electron chi connectivity index (χ1n) is 3.99. The molecule has 1 aromatic rings. The van der Waals surface area contributed by atoms with E-state index >= 15 is 0 Å². The predicted octanol–water partition coefficient (Wildman–Crippen LogP) is 1.99. The maximum absolute atomic E-state index is 8.87. The number of hydrogen-bond acceptors (Lipinski definition) is 3. The lowest BCUT2D eigenvalue weighted by molar-refractivity contribution is 0.376. The maximum atomic E-state index is 8.87. The topological polar surface area (TPSA) is 38.7 Å². The molecule has 3 heteroatoms. The lowest BCUT2D eigenvalue weighted by Gasteiger charge is -2.01. The Balaban J connectivity index is 2.46. The average Bonchev–Trinajstić information content (AvgIpc) is 2.59. The molecule has 0 spiro atoms. The van der Waals surface area contributed by atoms with E-state index in [-0.39, 0.29) is 0 Å². The summed E-state index contributed by atoms with van der Waals surface area (Å²) in [6.45, 7) is 0.430. The predicted molar refractivity (Wildman–Crippen MR) is 49.1 cm³/mol. The largest absolute Gasteiger partial charge is 0.515 e. The van der Waals surface area contributed by atoms with Gasteiger partial charge in [-0.25, -0.2) is 0 Å². The first-order valence-corrected chi connectivity index (χ1v) is 3.99. The lowest BCUT2D eigenvalue weighted by Crippen LogP contribution is -1.87. The van der Waals surface area contributed by atoms with Gasteiger partial charge in [-0.15, -0.1) is 0 Å². The summed E-state index contributed by atoms with van der Waals surface area (Å²) in [6.07, 6.45) is 1.08.